The molecule has 0 N–H and O–H groups in total. The molecule has 0 fully saturated rings. The average Bonchev–Trinajstić information content (AvgIpc) is 2.93. The van der Waals surface area contributed by atoms with E-state index in [0.29, 0.717) is 0 Å². The summed E-state index contributed by atoms with van der Waals surface area (Å²) in [7, 11) is 1.63. The first kappa shape index (κ1) is 12.0. The van der Waals surface area contributed by atoms with Crippen molar-refractivity contribution in [2.75, 3.05) is 7.11 Å². The molecule has 2 aromatic carbocycles. The van der Waals surface area contributed by atoms with Crippen molar-refractivity contribution < 1.29 is 13.9 Å². The second-order valence-corrected chi connectivity index (χ2v) is 4.63. The van der Waals surface area contributed by atoms with Gasteiger partial charge in [-0.05, 0) is 61.2 Å². The molecule has 19 heavy (non-hydrogen) atoms. The minimum absolute atomic E-state index is 0.116. The zero-order valence-electron chi connectivity index (χ0n) is 10.8. The number of ether oxygens (including phenoxy) is 2. The first-order valence-corrected chi connectivity index (χ1v) is 6.40. The van der Waals surface area contributed by atoms with Gasteiger partial charge in [-0.25, -0.2) is 4.39 Å². The number of methoxy groups -OCH3 is 1. The van der Waals surface area contributed by atoms with Gasteiger partial charge >= 0.3 is 0 Å². The summed E-state index contributed by atoms with van der Waals surface area (Å²) in [6.07, 6.45) is 2.69. The van der Waals surface area contributed by atoms with Gasteiger partial charge in [0, 0.05) is 5.56 Å². The molecule has 0 aliphatic heterocycles. The lowest BCUT2D eigenvalue weighted by molar-refractivity contribution is 0.412. The van der Waals surface area contributed by atoms with Gasteiger partial charge in [0.2, 0.25) is 0 Å². The highest BCUT2D eigenvalue weighted by Gasteiger charge is 2.19. The summed E-state index contributed by atoms with van der Waals surface area (Å²) in [6.45, 7) is 0. The molecule has 2 nitrogen and oxygen atoms in total. The molecule has 1 aliphatic rings. The largest absolute Gasteiger partial charge is 0.497 e. The Morgan fingerprint density at radius 2 is 1.58 bits per heavy atom. The van der Waals surface area contributed by atoms with Crippen LogP contribution in [0.3, 0.4) is 0 Å². The molecule has 1 aliphatic carbocycles. The fraction of sp³-hybridized carbons (Fsp3) is 0.250. The van der Waals surface area contributed by atoms with E-state index in [-0.39, 0.29) is 5.82 Å². The molecule has 0 spiro atoms. The Morgan fingerprint density at radius 3 is 2.32 bits per heavy atom. The second kappa shape index (κ2) is 4.92. The van der Waals surface area contributed by atoms with Crippen LogP contribution in [-0.2, 0) is 12.8 Å². The Kier molecular flexibility index (Phi) is 3.11. The second-order valence-electron chi connectivity index (χ2n) is 4.63. The maximum Gasteiger partial charge on any atom is 0.131 e. The highest BCUT2D eigenvalue weighted by atomic mass is 19.1. The number of hydrogen-bond donors (Lipinski definition) is 0. The summed E-state index contributed by atoms with van der Waals surface area (Å²) < 4.78 is 24.6. The molecular weight excluding hydrogens is 243 g/mol. The van der Waals surface area contributed by atoms with Crippen LogP contribution in [0.5, 0.6) is 17.2 Å². The Hall–Kier alpha value is -2.03. The minimum atomic E-state index is -0.116. The molecule has 0 unspecified atom stereocenters. The van der Waals surface area contributed by atoms with Crippen LogP contribution in [-0.4, -0.2) is 7.11 Å². The highest BCUT2D eigenvalue weighted by molar-refractivity contribution is 5.46. The van der Waals surface area contributed by atoms with Gasteiger partial charge in [0.1, 0.15) is 23.1 Å². The maximum atomic E-state index is 13.6. The van der Waals surface area contributed by atoms with Crippen LogP contribution in [0, 0.1) is 5.82 Å². The van der Waals surface area contributed by atoms with Crippen molar-refractivity contribution in [1.29, 1.82) is 0 Å². The van der Waals surface area contributed by atoms with Gasteiger partial charge in [-0.3, -0.25) is 0 Å². The molecule has 0 aromatic heterocycles. The third-order valence-electron chi connectivity index (χ3n) is 3.47. The third-order valence-corrected chi connectivity index (χ3v) is 3.47. The smallest absolute Gasteiger partial charge is 0.131 e. The van der Waals surface area contributed by atoms with E-state index in [4.69, 9.17) is 9.47 Å². The molecule has 0 saturated carbocycles. The number of benzene rings is 2. The van der Waals surface area contributed by atoms with E-state index in [0.717, 1.165) is 47.6 Å². The average molecular weight is 258 g/mol. The topological polar surface area (TPSA) is 18.5 Å². The first-order valence-electron chi connectivity index (χ1n) is 6.40. The number of rotatable bonds is 3. The van der Waals surface area contributed by atoms with Crippen molar-refractivity contribution in [3.63, 3.8) is 0 Å². The zero-order chi connectivity index (χ0) is 13.2. The van der Waals surface area contributed by atoms with E-state index in [1.54, 1.807) is 13.2 Å². The summed E-state index contributed by atoms with van der Waals surface area (Å²) >= 11 is 0. The number of fused-ring (bicyclic) bond motifs is 1. The SMILES string of the molecule is COc1ccc(Oc2ccc(F)c3c2CCC3)cc1. The molecule has 2 aromatic rings. The van der Waals surface area contributed by atoms with Gasteiger partial charge in [0.15, 0.2) is 0 Å². The Balaban J connectivity index is 1.89. The van der Waals surface area contributed by atoms with Crippen LogP contribution in [0.4, 0.5) is 4.39 Å². The maximum absolute atomic E-state index is 13.6. The molecule has 0 saturated heterocycles. The molecule has 98 valence electrons. The molecule has 0 bridgehead atoms. The van der Waals surface area contributed by atoms with E-state index >= 15 is 0 Å². The van der Waals surface area contributed by atoms with Crippen molar-refractivity contribution in [2.24, 2.45) is 0 Å². The predicted octanol–water partition coefficient (Wildman–Crippen LogP) is 4.12. The van der Waals surface area contributed by atoms with Crippen LogP contribution in [0.25, 0.3) is 0 Å². The fourth-order valence-electron chi connectivity index (χ4n) is 2.50. The summed E-state index contributed by atoms with van der Waals surface area (Å²) in [5.41, 5.74) is 1.82. The first-order chi connectivity index (χ1) is 9.28. The van der Waals surface area contributed by atoms with E-state index in [2.05, 4.69) is 0 Å². The van der Waals surface area contributed by atoms with Crippen LogP contribution in [0.1, 0.15) is 17.5 Å². The molecule has 0 heterocycles. The summed E-state index contributed by atoms with van der Waals surface area (Å²) in [6, 6.07) is 10.6. The summed E-state index contributed by atoms with van der Waals surface area (Å²) in [5.74, 6) is 2.17. The lowest BCUT2D eigenvalue weighted by Gasteiger charge is -2.11. The van der Waals surface area contributed by atoms with Crippen molar-refractivity contribution in [1.82, 2.24) is 0 Å². The van der Waals surface area contributed by atoms with Gasteiger partial charge in [-0.15, -0.1) is 0 Å². The van der Waals surface area contributed by atoms with Gasteiger partial charge in [-0.2, -0.15) is 0 Å². The minimum Gasteiger partial charge on any atom is -0.497 e. The zero-order valence-corrected chi connectivity index (χ0v) is 10.8. The van der Waals surface area contributed by atoms with E-state index in [1.165, 1.54) is 6.07 Å². The van der Waals surface area contributed by atoms with Crippen LogP contribution >= 0.6 is 0 Å². The Bertz CT molecular complexity index is 590. The molecule has 3 heteroatoms. The van der Waals surface area contributed by atoms with Crippen LogP contribution < -0.4 is 9.47 Å². The lowest BCUT2D eigenvalue weighted by atomic mass is 10.1. The predicted molar refractivity (Wildman–Crippen MR) is 71.5 cm³/mol. The molecule has 0 radical (unpaired) electrons. The Morgan fingerprint density at radius 1 is 0.895 bits per heavy atom. The van der Waals surface area contributed by atoms with Gasteiger partial charge < -0.3 is 9.47 Å². The fourth-order valence-corrected chi connectivity index (χ4v) is 2.50. The van der Waals surface area contributed by atoms with Gasteiger partial charge in [0.05, 0.1) is 7.11 Å². The van der Waals surface area contributed by atoms with Crippen LogP contribution in [0.2, 0.25) is 0 Å². The van der Waals surface area contributed by atoms with Gasteiger partial charge in [0.25, 0.3) is 0 Å². The molecule has 0 atom stereocenters. The summed E-state index contributed by atoms with van der Waals surface area (Å²) in [4.78, 5) is 0. The quantitative estimate of drug-likeness (QED) is 0.824. The third kappa shape index (κ3) is 2.28. The van der Waals surface area contributed by atoms with Crippen molar-refractivity contribution in [3.8, 4) is 17.2 Å². The number of halogens is 1. The highest BCUT2D eigenvalue weighted by Crippen LogP contribution is 2.35. The lowest BCUT2D eigenvalue weighted by Crippen LogP contribution is -1.94. The van der Waals surface area contributed by atoms with Crippen LogP contribution in [0.15, 0.2) is 36.4 Å². The molecular formula is C16H15FO2. The molecule has 0 amide bonds. The normalized spacial score (nSPS) is 13.2. The van der Waals surface area contributed by atoms with Gasteiger partial charge in [-0.1, -0.05) is 0 Å². The van der Waals surface area contributed by atoms with E-state index in [1.807, 2.05) is 24.3 Å². The number of hydrogen-bond acceptors (Lipinski definition) is 2. The van der Waals surface area contributed by atoms with E-state index in [9.17, 15) is 4.39 Å². The van der Waals surface area contributed by atoms with Crippen molar-refractivity contribution in [2.45, 2.75) is 19.3 Å². The van der Waals surface area contributed by atoms with Crippen molar-refractivity contribution >= 4 is 0 Å². The standard InChI is InChI=1S/C16H15FO2/c1-18-11-5-7-12(8-6-11)19-16-10-9-15(17)13-3-2-4-14(13)16/h5-10H,2-4H2,1H3. The monoisotopic (exact) mass is 258 g/mol. The van der Waals surface area contributed by atoms with Crippen molar-refractivity contribution in [3.05, 3.63) is 53.3 Å². The Labute approximate surface area is 111 Å². The van der Waals surface area contributed by atoms with E-state index < -0.39 is 0 Å². The molecule has 3 rings (SSSR count). The summed E-state index contributed by atoms with van der Waals surface area (Å²) in [5, 5.41) is 0.